The van der Waals surface area contributed by atoms with Gasteiger partial charge in [-0.05, 0) is 15.9 Å². The second-order valence-corrected chi connectivity index (χ2v) is 4.02. The first-order chi connectivity index (χ1) is 8.44. The SMILES string of the molecule is CNc1ncnc(NCCOCC(F)(F)F)c1Br. The monoisotopic (exact) mass is 328 g/mol. The van der Waals surface area contributed by atoms with Crippen molar-refractivity contribution < 1.29 is 17.9 Å². The van der Waals surface area contributed by atoms with Gasteiger partial charge in [0.2, 0.25) is 0 Å². The lowest BCUT2D eigenvalue weighted by molar-refractivity contribution is -0.172. The average Bonchev–Trinajstić information content (AvgIpc) is 2.29. The molecule has 0 aliphatic carbocycles. The predicted octanol–water partition coefficient (Wildman–Crippen LogP) is 2.27. The van der Waals surface area contributed by atoms with Gasteiger partial charge in [-0.1, -0.05) is 0 Å². The number of hydrogen-bond donors (Lipinski definition) is 2. The molecule has 1 aromatic heterocycles. The second kappa shape index (κ2) is 6.74. The Morgan fingerprint density at radius 2 is 2.00 bits per heavy atom. The summed E-state index contributed by atoms with van der Waals surface area (Å²) in [6, 6.07) is 0. The minimum Gasteiger partial charge on any atom is -0.372 e. The molecule has 0 aliphatic heterocycles. The van der Waals surface area contributed by atoms with Crippen LogP contribution in [-0.4, -0.2) is 43.0 Å². The molecule has 0 saturated carbocycles. The van der Waals surface area contributed by atoms with E-state index in [1.807, 2.05) is 0 Å². The van der Waals surface area contributed by atoms with Gasteiger partial charge in [-0.25, -0.2) is 9.97 Å². The van der Waals surface area contributed by atoms with Crippen LogP contribution in [0.2, 0.25) is 0 Å². The Bertz CT molecular complexity index is 389. The highest BCUT2D eigenvalue weighted by atomic mass is 79.9. The van der Waals surface area contributed by atoms with Crippen molar-refractivity contribution in [2.45, 2.75) is 6.18 Å². The molecular weight excluding hydrogens is 317 g/mol. The zero-order chi connectivity index (χ0) is 13.6. The largest absolute Gasteiger partial charge is 0.411 e. The molecule has 0 amide bonds. The Kier molecular flexibility index (Phi) is 5.60. The van der Waals surface area contributed by atoms with Gasteiger partial charge in [0.15, 0.2) is 0 Å². The Hall–Kier alpha value is -1.09. The summed E-state index contributed by atoms with van der Waals surface area (Å²) in [5.74, 6) is 1.08. The number of aromatic nitrogens is 2. The number of rotatable bonds is 6. The quantitative estimate of drug-likeness (QED) is 0.784. The lowest BCUT2D eigenvalue weighted by Crippen LogP contribution is -2.20. The number of hydrogen-bond acceptors (Lipinski definition) is 5. The molecule has 0 bridgehead atoms. The van der Waals surface area contributed by atoms with Crippen LogP contribution in [-0.2, 0) is 4.74 Å². The first-order valence-electron chi connectivity index (χ1n) is 5.00. The van der Waals surface area contributed by atoms with Gasteiger partial charge in [-0.3, -0.25) is 0 Å². The van der Waals surface area contributed by atoms with E-state index in [0.29, 0.717) is 16.1 Å². The van der Waals surface area contributed by atoms with Gasteiger partial charge < -0.3 is 15.4 Å². The molecule has 1 aromatic rings. The van der Waals surface area contributed by atoms with E-state index >= 15 is 0 Å². The van der Waals surface area contributed by atoms with E-state index in [0.717, 1.165) is 0 Å². The molecule has 0 spiro atoms. The van der Waals surface area contributed by atoms with E-state index in [2.05, 4.69) is 41.3 Å². The topological polar surface area (TPSA) is 59.1 Å². The summed E-state index contributed by atoms with van der Waals surface area (Å²) < 4.78 is 40.4. The van der Waals surface area contributed by atoms with Gasteiger partial charge in [0, 0.05) is 13.6 Å². The summed E-state index contributed by atoms with van der Waals surface area (Å²) in [7, 11) is 1.70. The molecule has 0 atom stereocenters. The first kappa shape index (κ1) is 15.0. The van der Waals surface area contributed by atoms with Crippen molar-refractivity contribution in [1.82, 2.24) is 9.97 Å². The van der Waals surface area contributed by atoms with Crippen LogP contribution < -0.4 is 10.6 Å². The summed E-state index contributed by atoms with van der Waals surface area (Å²) in [5.41, 5.74) is 0. The summed E-state index contributed by atoms with van der Waals surface area (Å²) in [5, 5.41) is 5.68. The second-order valence-electron chi connectivity index (χ2n) is 3.23. The van der Waals surface area contributed by atoms with Crippen molar-refractivity contribution >= 4 is 27.6 Å². The average molecular weight is 329 g/mol. The van der Waals surface area contributed by atoms with Crippen molar-refractivity contribution in [3.63, 3.8) is 0 Å². The van der Waals surface area contributed by atoms with Crippen LogP contribution in [0.5, 0.6) is 0 Å². The summed E-state index contributed by atoms with van der Waals surface area (Å²) in [6.45, 7) is -1.10. The number of nitrogens with one attached hydrogen (secondary N) is 2. The minimum atomic E-state index is -4.30. The van der Waals surface area contributed by atoms with Crippen molar-refractivity contribution in [2.24, 2.45) is 0 Å². The number of anilines is 2. The maximum Gasteiger partial charge on any atom is 0.411 e. The van der Waals surface area contributed by atoms with Crippen LogP contribution in [0, 0.1) is 0 Å². The number of alkyl halides is 3. The third kappa shape index (κ3) is 5.05. The van der Waals surface area contributed by atoms with E-state index in [1.165, 1.54) is 6.33 Å². The van der Waals surface area contributed by atoms with Crippen LogP contribution in [0.25, 0.3) is 0 Å². The van der Waals surface area contributed by atoms with Gasteiger partial charge >= 0.3 is 6.18 Å². The summed E-state index contributed by atoms with van der Waals surface area (Å²) >= 11 is 3.27. The molecule has 0 saturated heterocycles. The normalized spacial score (nSPS) is 11.4. The summed E-state index contributed by atoms with van der Waals surface area (Å²) in [6.07, 6.45) is -2.95. The van der Waals surface area contributed by atoms with Crippen molar-refractivity contribution in [1.29, 1.82) is 0 Å². The van der Waals surface area contributed by atoms with Gasteiger partial charge in [-0.15, -0.1) is 0 Å². The van der Waals surface area contributed by atoms with Crippen molar-refractivity contribution in [2.75, 3.05) is 37.4 Å². The molecule has 9 heteroatoms. The van der Waals surface area contributed by atoms with E-state index in [-0.39, 0.29) is 13.2 Å². The molecule has 0 fully saturated rings. The molecule has 0 unspecified atom stereocenters. The highest BCUT2D eigenvalue weighted by molar-refractivity contribution is 9.10. The lowest BCUT2D eigenvalue weighted by atomic mass is 10.5. The molecule has 2 N–H and O–H groups in total. The van der Waals surface area contributed by atoms with Crippen LogP contribution in [0.15, 0.2) is 10.8 Å². The Morgan fingerprint density at radius 1 is 1.33 bits per heavy atom. The van der Waals surface area contributed by atoms with E-state index < -0.39 is 12.8 Å². The Morgan fingerprint density at radius 3 is 2.61 bits per heavy atom. The van der Waals surface area contributed by atoms with Gasteiger partial charge in [0.05, 0.1) is 6.61 Å². The number of ether oxygens (including phenoxy) is 1. The van der Waals surface area contributed by atoms with Crippen LogP contribution >= 0.6 is 15.9 Å². The molecule has 0 aromatic carbocycles. The number of halogens is 4. The molecule has 0 radical (unpaired) electrons. The Balaban J connectivity index is 2.36. The molecule has 1 rings (SSSR count). The zero-order valence-corrected chi connectivity index (χ0v) is 11.1. The lowest BCUT2D eigenvalue weighted by Gasteiger charge is -2.11. The van der Waals surface area contributed by atoms with Gasteiger partial charge in [-0.2, -0.15) is 13.2 Å². The molecular formula is C9H12BrF3N4O. The fourth-order valence-electron chi connectivity index (χ4n) is 1.10. The molecule has 5 nitrogen and oxygen atoms in total. The van der Waals surface area contributed by atoms with E-state index in [9.17, 15) is 13.2 Å². The molecule has 0 aliphatic rings. The third-order valence-corrected chi connectivity index (χ3v) is 2.58. The molecule has 1 heterocycles. The zero-order valence-electron chi connectivity index (χ0n) is 9.51. The number of nitrogens with zero attached hydrogens (tertiary/aromatic N) is 2. The van der Waals surface area contributed by atoms with Crippen LogP contribution in [0.3, 0.4) is 0 Å². The fourth-order valence-corrected chi connectivity index (χ4v) is 1.64. The van der Waals surface area contributed by atoms with Crippen molar-refractivity contribution in [3.05, 3.63) is 10.8 Å². The predicted molar refractivity (Wildman–Crippen MR) is 64.6 cm³/mol. The highest BCUT2D eigenvalue weighted by Gasteiger charge is 2.27. The summed E-state index contributed by atoms with van der Waals surface area (Å²) in [4.78, 5) is 7.89. The fraction of sp³-hybridized carbons (Fsp3) is 0.556. The van der Waals surface area contributed by atoms with Crippen molar-refractivity contribution in [3.8, 4) is 0 Å². The third-order valence-electron chi connectivity index (χ3n) is 1.83. The van der Waals surface area contributed by atoms with E-state index in [1.54, 1.807) is 7.05 Å². The van der Waals surface area contributed by atoms with Crippen LogP contribution in [0.4, 0.5) is 24.8 Å². The van der Waals surface area contributed by atoms with Gasteiger partial charge in [0.1, 0.15) is 29.0 Å². The smallest absolute Gasteiger partial charge is 0.372 e. The van der Waals surface area contributed by atoms with Gasteiger partial charge in [0.25, 0.3) is 0 Å². The minimum absolute atomic E-state index is 0.0646. The molecule has 102 valence electrons. The first-order valence-corrected chi connectivity index (χ1v) is 5.80. The standard InChI is InChI=1S/C9H12BrF3N4O/c1-14-7-6(10)8(17-5-16-7)15-2-3-18-4-9(11,12)13/h5H,2-4H2,1H3,(H2,14,15,16,17). The maximum atomic E-state index is 11.8. The Labute approximate surface area is 110 Å². The van der Waals surface area contributed by atoms with E-state index in [4.69, 9.17) is 0 Å². The molecule has 18 heavy (non-hydrogen) atoms. The highest BCUT2D eigenvalue weighted by Crippen LogP contribution is 2.25. The van der Waals surface area contributed by atoms with Crippen LogP contribution in [0.1, 0.15) is 0 Å². The maximum absolute atomic E-state index is 11.8.